The van der Waals surface area contributed by atoms with Gasteiger partial charge >= 0.3 is 0 Å². The zero-order chi connectivity index (χ0) is 13.9. The van der Waals surface area contributed by atoms with Crippen molar-refractivity contribution in [1.82, 2.24) is 30.9 Å². The number of nitrogens with one attached hydrogen (secondary N) is 2. The van der Waals surface area contributed by atoms with Crippen molar-refractivity contribution in [3.63, 3.8) is 0 Å². The molecule has 2 aromatic heterocycles. The fourth-order valence-electron chi connectivity index (χ4n) is 1.86. The first-order valence-electron chi connectivity index (χ1n) is 6.10. The minimum absolute atomic E-state index is 0.124. The number of hydrogen-bond donors (Lipinski definition) is 2. The number of nitrogens with zero attached hydrogens (tertiary/aromatic N) is 4. The van der Waals surface area contributed by atoms with Crippen molar-refractivity contribution in [1.29, 1.82) is 0 Å². The summed E-state index contributed by atoms with van der Waals surface area (Å²) in [4.78, 5) is 16.4. The van der Waals surface area contributed by atoms with E-state index in [4.69, 9.17) is 0 Å². The maximum absolute atomic E-state index is 12.0. The molecule has 3 rings (SSSR count). The molecular weight excluding hydrogens is 276 g/mol. The Labute approximate surface area is 118 Å². The molecule has 0 saturated carbocycles. The molecule has 3 aromatic rings. The third-order valence-corrected chi connectivity index (χ3v) is 3.73. The summed E-state index contributed by atoms with van der Waals surface area (Å²) in [5.41, 5.74) is 1.47. The van der Waals surface area contributed by atoms with Crippen molar-refractivity contribution in [2.24, 2.45) is 0 Å². The number of aromatic nitrogens is 5. The number of rotatable bonds is 4. The normalized spacial score (nSPS) is 10.8. The Morgan fingerprint density at radius 2 is 2.35 bits per heavy atom. The summed E-state index contributed by atoms with van der Waals surface area (Å²) in [6.45, 7) is 2.42. The molecule has 1 amide bonds. The van der Waals surface area contributed by atoms with Crippen molar-refractivity contribution in [3.05, 3.63) is 34.6 Å². The molecule has 0 aliphatic rings. The fraction of sp³-hybridized carbons (Fsp3) is 0.250. The Morgan fingerprint density at radius 3 is 3.15 bits per heavy atom. The summed E-state index contributed by atoms with van der Waals surface area (Å²) in [5.74, 6) is 0.455. The van der Waals surface area contributed by atoms with E-state index in [1.165, 1.54) is 0 Å². The van der Waals surface area contributed by atoms with Gasteiger partial charge in [-0.1, -0.05) is 5.21 Å². The van der Waals surface area contributed by atoms with Gasteiger partial charge < -0.3 is 5.32 Å². The SMILES string of the molecule is Cc1nc2cc(C(=O)NCCc3nn[nH]n3)ccc2s1. The second-order valence-corrected chi connectivity index (χ2v) is 5.48. The Morgan fingerprint density at radius 1 is 1.45 bits per heavy atom. The minimum Gasteiger partial charge on any atom is -0.352 e. The maximum Gasteiger partial charge on any atom is 0.251 e. The summed E-state index contributed by atoms with van der Waals surface area (Å²) >= 11 is 1.62. The third-order valence-electron chi connectivity index (χ3n) is 2.78. The Kier molecular flexibility index (Phi) is 3.38. The zero-order valence-corrected chi connectivity index (χ0v) is 11.6. The van der Waals surface area contributed by atoms with Crippen LogP contribution in [0.25, 0.3) is 10.2 Å². The molecule has 0 aliphatic heterocycles. The van der Waals surface area contributed by atoms with Gasteiger partial charge in [0.25, 0.3) is 5.91 Å². The minimum atomic E-state index is -0.124. The lowest BCUT2D eigenvalue weighted by atomic mass is 10.2. The number of carbonyl (C=O) groups is 1. The van der Waals surface area contributed by atoms with Gasteiger partial charge in [0.15, 0.2) is 5.82 Å². The van der Waals surface area contributed by atoms with Gasteiger partial charge in [-0.15, -0.1) is 21.5 Å². The Balaban J connectivity index is 1.65. The number of benzene rings is 1. The maximum atomic E-state index is 12.0. The molecule has 102 valence electrons. The largest absolute Gasteiger partial charge is 0.352 e. The molecular formula is C12H12N6OS. The highest BCUT2D eigenvalue weighted by atomic mass is 32.1. The molecule has 0 saturated heterocycles. The van der Waals surface area contributed by atoms with Crippen LogP contribution < -0.4 is 5.32 Å². The quantitative estimate of drug-likeness (QED) is 0.749. The van der Waals surface area contributed by atoms with Crippen molar-refractivity contribution < 1.29 is 4.79 Å². The van der Waals surface area contributed by atoms with Crippen molar-refractivity contribution in [2.75, 3.05) is 6.54 Å². The van der Waals surface area contributed by atoms with Crippen LogP contribution in [-0.4, -0.2) is 38.1 Å². The van der Waals surface area contributed by atoms with Crippen LogP contribution in [0.3, 0.4) is 0 Å². The van der Waals surface area contributed by atoms with Gasteiger partial charge in [0.1, 0.15) is 0 Å². The molecule has 0 spiro atoms. The van der Waals surface area contributed by atoms with E-state index in [-0.39, 0.29) is 5.91 Å². The number of aryl methyl sites for hydroxylation is 1. The molecule has 0 bridgehead atoms. The Hall–Kier alpha value is -2.35. The molecule has 0 fully saturated rings. The highest BCUT2D eigenvalue weighted by Crippen LogP contribution is 2.22. The van der Waals surface area contributed by atoms with Crippen LogP contribution in [0.2, 0.25) is 0 Å². The summed E-state index contributed by atoms with van der Waals surface area (Å²) in [7, 11) is 0. The molecule has 8 heteroatoms. The first kappa shape index (κ1) is 12.7. The van der Waals surface area contributed by atoms with Gasteiger partial charge in [-0.05, 0) is 25.1 Å². The van der Waals surface area contributed by atoms with E-state index in [9.17, 15) is 4.79 Å². The smallest absolute Gasteiger partial charge is 0.251 e. The van der Waals surface area contributed by atoms with E-state index >= 15 is 0 Å². The lowest BCUT2D eigenvalue weighted by Crippen LogP contribution is -2.25. The summed E-state index contributed by atoms with van der Waals surface area (Å²) in [6.07, 6.45) is 0.542. The van der Waals surface area contributed by atoms with Gasteiger partial charge in [0, 0.05) is 18.5 Å². The van der Waals surface area contributed by atoms with Gasteiger partial charge in [0.05, 0.1) is 15.2 Å². The number of fused-ring (bicyclic) bond motifs is 1. The van der Waals surface area contributed by atoms with E-state index in [1.54, 1.807) is 11.3 Å². The van der Waals surface area contributed by atoms with Gasteiger partial charge in [0.2, 0.25) is 0 Å². The van der Waals surface area contributed by atoms with Gasteiger partial charge in [-0.2, -0.15) is 5.21 Å². The van der Waals surface area contributed by atoms with Crippen molar-refractivity contribution in [2.45, 2.75) is 13.3 Å². The van der Waals surface area contributed by atoms with E-state index in [1.807, 2.05) is 25.1 Å². The lowest BCUT2D eigenvalue weighted by molar-refractivity contribution is 0.0954. The number of amides is 1. The third kappa shape index (κ3) is 2.64. The average molecular weight is 288 g/mol. The topological polar surface area (TPSA) is 96.5 Å². The van der Waals surface area contributed by atoms with Crippen LogP contribution in [0.4, 0.5) is 0 Å². The van der Waals surface area contributed by atoms with E-state index in [0.29, 0.717) is 24.4 Å². The van der Waals surface area contributed by atoms with Crippen LogP contribution in [0.1, 0.15) is 21.2 Å². The highest BCUT2D eigenvalue weighted by Gasteiger charge is 2.08. The predicted octanol–water partition coefficient (Wildman–Crippen LogP) is 1.09. The molecule has 2 heterocycles. The standard InChI is InChI=1S/C12H12N6OS/c1-7-14-9-6-8(2-3-10(9)20-7)12(19)13-5-4-11-15-17-18-16-11/h2-3,6H,4-5H2,1H3,(H,13,19)(H,15,16,17,18). The van der Waals surface area contributed by atoms with Crippen LogP contribution in [0.5, 0.6) is 0 Å². The van der Waals surface area contributed by atoms with E-state index in [0.717, 1.165) is 15.2 Å². The summed E-state index contributed by atoms with van der Waals surface area (Å²) < 4.78 is 1.09. The van der Waals surface area contributed by atoms with Crippen molar-refractivity contribution >= 4 is 27.5 Å². The molecule has 2 N–H and O–H groups in total. The summed E-state index contributed by atoms with van der Waals surface area (Å²) in [6, 6.07) is 5.54. The van der Waals surface area contributed by atoms with Crippen LogP contribution in [0, 0.1) is 6.92 Å². The number of H-pyrrole nitrogens is 1. The number of hydrogen-bond acceptors (Lipinski definition) is 6. The number of thiazole rings is 1. The number of carbonyl (C=O) groups excluding carboxylic acids is 1. The number of tetrazole rings is 1. The van der Waals surface area contributed by atoms with Gasteiger partial charge in [-0.25, -0.2) is 4.98 Å². The first-order chi connectivity index (χ1) is 9.72. The van der Waals surface area contributed by atoms with Crippen molar-refractivity contribution in [3.8, 4) is 0 Å². The predicted molar refractivity (Wildman–Crippen MR) is 74.6 cm³/mol. The molecule has 7 nitrogen and oxygen atoms in total. The van der Waals surface area contributed by atoms with Crippen LogP contribution in [0.15, 0.2) is 18.2 Å². The van der Waals surface area contributed by atoms with E-state index < -0.39 is 0 Å². The molecule has 0 aliphatic carbocycles. The molecule has 20 heavy (non-hydrogen) atoms. The van der Waals surface area contributed by atoms with Crippen LogP contribution >= 0.6 is 11.3 Å². The number of aromatic amines is 1. The molecule has 0 atom stereocenters. The molecule has 0 unspecified atom stereocenters. The fourth-order valence-corrected chi connectivity index (χ4v) is 2.67. The van der Waals surface area contributed by atoms with Crippen LogP contribution in [-0.2, 0) is 6.42 Å². The lowest BCUT2D eigenvalue weighted by Gasteiger charge is -2.03. The Bertz CT molecular complexity index is 736. The second kappa shape index (κ2) is 5.33. The second-order valence-electron chi connectivity index (χ2n) is 4.25. The average Bonchev–Trinajstić information content (AvgIpc) is 3.05. The molecule has 0 radical (unpaired) electrons. The van der Waals surface area contributed by atoms with E-state index in [2.05, 4.69) is 30.9 Å². The monoisotopic (exact) mass is 288 g/mol. The highest BCUT2D eigenvalue weighted by molar-refractivity contribution is 7.18. The molecule has 1 aromatic carbocycles. The summed E-state index contributed by atoms with van der Waals surface area (Å²) in [5, 5.41) is 17.3. The zero-order valence-electron chi connectivity index (χ0n) is 10.8. The first-order valence-corrected chi connectivity index (χ1v) is 6.92. The van der Waals surface area contributed by atoms with Gasteiger partial charge in [-0.3, -0.25) is 4.79 Å².